The first-order chi connectivity index (χ1) is 10.8. The van der Waals surface area contributed by atoms with Crippen molar-refractivity contribution >= 4 is 16.9 Å². The molecule has 1 aliphatic rings. The predicted molar refractivity (Wildman–Crippen MR) is 78.7 cm³/mol. The molecule has 110 valence electrons. The van der Waals surface area contributed by atoms with E-state index in [9.17, 15) is 9.18 Å². The SMILES string of the molecule is O=C(c1[nH]nc2ncccc12)N1CCC1c1ccccc1F. The molecule has 1 aromatic carbocycles. The van der Waals surface area contributed by atoms with Crippen LogP contribution in [-0.2, 0) is 0 Å². The van der Waals surface area contributed by atoms with Gasteiger partial charge in [-0.25, -0.2) is 9.37 Å². The van der Waals surface area contributed by atoms with Crippen LogP contribution in [0.1, 0.15) is 28.5 Å². The van der Waals surface area contributed by atoms with Crippen LogP contribution in [-0.4, -0.2) is 32.5 Å². The minimum absolute atomic E-state index is 0.171. The number of halogens is 1. The van der Waals surface area contributed by atoms with Crippen LogP contribution >= 0.6 is 0 Å². The van der Waals surface area contributed by atoms with Gasteiger partial charge in [0.2, 0.25) is 0 Å². The maximum atomic E-state index is 13.9. The molecule has 5 nitrogen and oxygen atoms in total. The van der Waals surface area contributed by atoms with Gasteiger partial charge in [-0.3, -0.25) is 9.89 Å². The van der Waals surface area contributed by atoms with Crippen molar-refractivity contribution in [2.75, 3.05) is 6.54 Å². The molecule has 4 rings (SSSR count). The van der Waals surface area contributed by atoms with E-state index in [2.05, 4.69) is 15.2 Å². The second-order valence-corrected chi connectivity index (χ2v) is 5.30. The number of aromatic nitrogens is 3. The number of carbonyl (C=O) groups excluding carboxylic acids is 1. The molecule has 3 heterocycles. The average Bonchev–Trinajstić information content (AvgIpc) is 2.92. The molecule has 0 bridgehead atoms. The number of fused-ring (bicyclic) bond motifs is 1. The van der Waals surface area contributed by atoms with Crippen LogP contribution in [0.2, 0.25) is 0 Å². The highest BCUT2D eigenvalue weighted by molar-refractivity contribution is 6.04. The number of nitrogens with zero attached hydrogens (tertiary/aromatic N) is 3. The number of pyridine rings is 1. The summed E-state index contributed by atoms with van der Waals surface area (Å²) >= 11 is 0. The van der Waals surface area contributed by atoms with Crippen LogP contribution in [0.15, 0.2) is 42.6 Å². The maximum Gasteiger partial charge on any atom is 0.273 e. The Labute approximate surface area is 125 Å². The Morgan fingerprint density at radius 3 is 2.91 bits per heavy atom. The monoisotopic (exact) mass is 296 g/mol. The van der Waals surface area contributed by atoms with E-state index in [-0.39, 0.29) is 17.8 Å². The Morgan fingerprint density at radius 2 is 2.14 bits per heavy atom. The number of hydrogen-bond acceptors (Lipinski definition) is 3. The van der Waals surface area contributed by atoms with E-state index in [4.69, 9.17) is 0 Å². The van der Waals surface area contributed by atoms with Crippen molar-refractivity contribution in [2.45, 2.75) is 12.5 Å². The lowest BCUT2D eigenvalue weighted by atomic mass is 9.93. The average molecular weight is 296 g/mol. The summed E-state index contributed by atoms with van der Waals surface area (Å²) in [7, 11) is 0. The standard InChI is InChI=1S/C16H13FN4O/c17-12-6-2-1-4-10(12)13-7-9-21(13)16(22)14-11-5-3-8-18-15(11)20-19-14/h1-6,8,13H,7,9H2,(H,18,19,20). The van der Waals surface area contributed by atoms with Gasteiger partial charge in [0.15, 0.2) is 5.65 Å². The summed E-state index contributed by atoms with van der Waals surface area (Å²) in [5.74, 6) is -0.448. The number of benzene rings is 1. The number of aromatic amines is 1. The minimum Gasteiger partial charge on any atom is -0.330 e. The smallest absolute Gasteiger partial charge is 0.273 e. The number of nitrogens with one attached hydrogen (secondary N) is 1. The highest BCUT2D eigenvalue weighted by Gasteiger charge is 2.36. The maximum absolute atomic E-state index is 13.9. The fraction of sp³-hybridized carbons (Fsp3) is 0.188. The Hall–Kier alpha value is -2.76. The molecule has 0 aliphatic carbocycles. The third kappa shape index (κ3) is 1.88. The van der Waals surface area contributed by atoms with Crippen molar-refractivity contribution in [3.63, 3.8) is 0 Å². The number of carbonyl (C=O) groups is 1. The molecule has 0 spiro atoms. The fourth-order valence-electron chi connectivity index (χ4n) is 2.86. The molecule has 1 aliphatic heterocycles. The Morgan fingerprint density at radius 1 is 1.27 bits per heavy atom. The molecule has 1 fully saturated rings. The molecule has 0 saturated carbocycles. The van der Waals surface area contributed by atoms with Crippen molar-refractivity contribution < 1.29 is 9.18 Å². The molecule has 6 heteroatoms. The van der Waals surface area contributed by atoms with E-state index < -0.39 is 0 Å². The Kier molecular flexibility index (Phi) is 2.89. The van der Waals surface area contributed by atoms with Gasteiger partial charge in [-0.1, -0.05) is 18.2 Å². The van der Waals surface area contributed by atoms with Gasteiger partial charge in [0.05, 0.1) is 11.4 Å². The summed E-state index contributed by atoms with van der Waals surface area (Å²) in [6, 6.07) is 9.93. The summed E-state index contributed by atoms with van der Waals surface area (Å²) in [6.45, 7) is 0.610. The molecule has 1 atom stereocenters. The Balaban J connectivity index is 1.68. The summed E-state index contributed by atoms with van der Waals surface area (Å²) in [5.41, 5.74) is 1.47. The van der Waals surface area contributed by atoms with Gasteiger partial charge < -0.3 is 4.90 Å². The van der Waals surface area contributed by atoms with Crippen LogP contribution < -0.4 is 0 Å². The Bertz CT molecular complexity index is 860. The summed E-state index contributed by atoms with van der Waals surface area (Å²) < 4.78 is 13.9. The van der Waals surface area contributed by atoms with E-state index in [1.165, 1.54) is 6.07 Å². The van der Waals surface area contributed by atoms with E-state index in [1.54, 1.807) is 41.4 Å². The van der Waals surface area contributed by atoms with Crippen LogP contribution in [0.25, 0.3) is 11.0 Å². The van der Waals surface area contributed by atoms with Crippen molar-refractivity contribution in [3.05, 3.63) is 59.7 Å². The molecule has 0 radical (unpaired) electrons. The number of H-pyrrole nitrogens is 1. The first kappa shape index (κ1) is 12.9. The van der Waals surface area contributed by atoms with Crippen LogP contribution in [0.4, 0.5) is 4.39 Å². The molecule has 1 amide bonds. The van der Waals surface area contributed by atoms with E-state index in [0.717, 1.165) is 6.42 Å². The fourth-order valence-corrected chi connectivity index (χ4v) is 2.86. The minimum atomic E-state index is -0.277. The lowest BCUT2D eigenvalue weighted by Gasteiger charge is -2.41. The highest BCUT2D eigenvalue weighted by Crippen LogP contribution is 2.36. The van der Waals surface area contributed by atoms with Gasteiger partial charge >= 0.3 is 0 Å². The third-order valence-electron chi connectivity index (χ3n) is 4.09. The quantitative estimate of drug-likeness (QED) is 0.791. The molecule has 1 saturated heterocycles. The zero-order valence-corrected chi connectivity index (χ0v) is 11.7. The lowest BCUT2D eigenvalue weighted by Crippen LogP contribution is -2.45. The van der Waals surface area contributed by atoms with Gasteiger partial charge in [-0.2, -0.15) is 5.10 Å². The number of hydrogen-bond donors (Lipinski definition) is 1. The molecule has 1 N–H and O–H groups in total. The van der Waals surface area contributed by atoms with Gasteiger partial charge in [-0.15, -0.1) is 0 Å². The van der Waals surface area contributed by atoms with E-state index in [1.807, 2.05) is 0 Å². The third-order valence-corrected chi connectivity index (χ3v) is 4.09. The molecule has 2 aromatic heterocycles. The van der Waals surface area contributed by atoms with Crippen LogP contribution in [0.5, 0.6) is 0 Å². The lowest BCUT2D eigenvalue weighted by molar-refractivity contribution is 0.0449. The zero-order chi connectivity index (χ0) is 15.1. The van der Waals surface area contributed by atoms with Gasteiger partial charge in [0.1, 0.15) is 11.5 Å². The van der Waals surface area contributed by atoms with Crippen molar-refractivity contribution in [1.29, 1.82) is 0 Å². The summed E-state index contributed by atoms with van der Waals surface area (Å²) in [6.07, 6.45) is 2.39. The van der Waals surface area contributed by atoms with Gasteiger partial charge in [0.25, 0.3) is 5.91 Å². The van der Waals surface area contributed by atoms with Crippen LogP contribution in [0.3, 0.4) is 0 Å². The molecular weight excluding hydrogens is 283 g/mol. The first-order valence-electron chi connectivity index (χ1n) is 7.10. The van der Waals surface area contributed by atoms with Crippen molar-refractivity contribution in [2.24, 2.45) is 0 Å². The molecular formula is C16H13FN4O. The number of amides is 1. The van der Waals surface area contributed by atoms with Crippen molar-refractivity contribution in [1.82, 2.24) is 20.1 Å². The van der Waals surface area contributed by atoms with Crippen LogP contribution in [0, 0.1) is 5.82 Å². The summed E-state index contributed by atoms with van der Waals surface area (Å²) in [5, 5.41) is 7.48. The predicted octanol–water partition coefficient (Wildman–Crippen LogP) is 2.68. The molecule has 3 aromatic rings. The second-order valence-electron chi connectivity index (χ2n) is 5.30. The molecule has 22 heavy (non-hydrogen) atoms. The summed E-state index contributed by atoms with van der Waals surface area (Å²) in [4.78, 5) is 18.5. The van der Waals surface area contributed by atoms with E-state index >= 15 is 0 Å². The van der Waals surface area contributed by atoms with Crippen molar-refractivity contribution in [3.8, 4) is 0 Å². The van der Waals surface area contributed by atoms with Gasteiger partial charge in [0, 0.05) is 18.3 Å². The molecule has 1 unspecified atom stereocenters. The first-order valence-corrected chi connectivity index (χ1v) is 7.10. The number of rotatable bonds is 2. The largest absolute Gasteiger partial charge is 0.330 e. The van der Waals surface area contributed by atoms with E-state index in [0.29, 0.717) is 28.8 Å². The second kappa shape index (κ2) is 4.91. The number of likely N-dealkylation sites (tertiary alicyclic amines) is 1. The highest BCUT2D eigenvalue weighted by atomic mass is 19.1. The zero-order valence-electron chi connectivity index (χ0n) is 11.7. The van der Waals surface area contributed by atoms with Gasteiger partial charge in [-0.05, 0) is 24.6 Å². The topological polar surface area (TPSA) is 61.9 Å². The normalized spacial score (nSPS) is 17.5.